The van der Waals surface area contributed by atoms with Crippen molar-refractivity contribution in [1.82, 2.24) is 0 Å². The fraction of sp³-hybridized carbons (Fsp3) is 0.455. The zero-order valence-electron chi connectivity index (χ0n) is 8.09. The molecule has 0 heterocycles. The number of halogens is 1. The van der Waals surface area contributed by atoms with E-state index in [1.54, 1.807) is 11.8 Å². The Morgan fingerprint density at radius 1 is 1.36 bits per heavy atom. The van der Waals surface area contributed by atoms with Gasteiger partial charge in [0.1, 0.15) is 0 Å². The van der Waals surface area contributed by atoms with Crippen molar-refractivity contribution < 1.29 is 5.11 Å². The van der Waals surface area contributed by atoms with Crippen LogP contribution in [0.2, 0.25) is 5.02 Å². The summed E-state index contributed by atoms with van der Waals surface area (Å²) >= 11 is 7.64. The van der Waals surface area contributed by atoms with Crippen molar-refractivity contribution in [1.29, 1.82) is 0 Å². The summed E-state index contributed by atoms with van der Waals surface area (Å²) < 4.78 is 0. The number of hydrogen-bond donors (Lipinski definition) is 1. The van der Waals surface area contributed by atoms with Crippen molar-refractivity contribution in [3.8, 4) is 0 Å². The van der Waals surface area contributed by atoms with Crippen LogP contribution in [-0.4, -0.2) is 11.4 Å². The van der Waals surface area contributed by atoms with Gasteiger partial charge in [0, 0.05) is 9.92 Å². The Balaban J connectivity index is 2.37. The highest BCUT2D eigenvalue weighted by Crippen LogP contribution is 2.42. The summed E-state index contributed by atoms with van der Waals surface area (Å²) in [5.74, 6) is 0. The summed E-state index contributed by atoms with van der Waals surface area (Å²) in [4.78, 5) is 1.12. The van der Waals surface area contributed by atoms with Crippen LogP contribution in [0.3, 0.4) is 0 Å². The first-order chi connectivity index (χ1) is 6.64. The second kappa shape index (κ2) is 3.76. The Labute approximate surface area is 93.5 Å². The fourth-order valence-electron chi connectivity index (χ4n) is 1.75. The van der Waals surface area contributed by atoms with Gasteiger partial charge in [-0.15, -0.1) is 11.8 Å². The van der Waals surface area contributed by atoms with E-state index in [1.807, 2.05) is 24.5 Å². The molecule has 1 N–H and O–H groups in total. The third-order valence-electron chi connectivity index (χ3n) is 2.83. The first-order valence-electron chi connectivity index (χ1n) is 4.71. The molecular weight excluding hydrogens is 216 g/mol. The van der Waals surface area contributed by atoms with Gasteiger partial charge in [0.05, 0.1) is 5.60 Å². The first-order valence-corrected chi connectivity index (χ1v) is 6.32. The van der Waals surface area contributed by atoms with Crippen molar-refractivity contribution in [2.24, 2.45) is 0 Å². The zero-order chi connectivity index (χ0) is 10.2. The SMILES string of the molecule is CSc1cc(Cl)cc(C2(O)CCC2)c1. The summed E-state index contributed by atoms with van der Waals surface area (Å²) in [5.41, 5.74) is 0.371. The molecule has 0 amide bonds. The van der Waals surface area contributed by atoms with Crippen molar-refractivity contribution in [2.75, 3.05) is 6.26 Å². The average Bonchev–Trinajstić information content (AvgIpc) is 2.13. The average molecular weight is 229 g/mol. The van der Waals surface area contributed by atoms with Crippen LogP contribution in [0.15, 0.2) is 23.1 Å². The summed E-state index contributed by atoms with van der Waals surface area (Å²) in [5, 5.41) is 10.9. The number of hydrogen-bond acceptors (Lipinski definition) is 2. The van der Waals surface area contributed by atoms with Crippen LogP contribution >= 0.6 is 23.4 Å². The van der Waals surface area contributed by atoms with Gasteiger partial charge in [0.2, 0.25) is 0 Å². The lowest BCUT2D eigenvalue weighted by atomic mass is 9.75. The van der Waals surface area contributed by atoms with Gasteiger partial charge in [-0.05, 0) is 49.3 Å². The number of thioether (sulfide) groups is 1. The van der Waals surface area contributed by atoms with Gasteiger partial charge >= 0.3 is 0 Å². The molecular formula is C11H13ClOS. The molecule has 1 saturated carbocycles. The molecule has 1 aromatic carbocycles. The highest BCUT2D eigenvalue weighted by molar-refractivity contribution is 7.98. The van der Waals surface area contributed by atoms with E-state index in [0.29, 0.717) is 5.02 Å². The maximum atomic E-state index is 10.2. The van der Waals surface area contributed by atoms with Gasteiger partial charge < -0.3 is 5.11 Å². The van der Waals surface area contributed by atoms with Crippen LogP contribution < -0.4 is 0 Å². The van der Waals surface area contributed by atoms with E-state index in [1.165, 1.54) is 0 Å². The normalized spacial score (nSPS) is 19.1. The summed E-state index contributed by atoms with van der Waals surface area (Å²) in [6.07, 6.45) is 4.85. The van der Waals surface area contributed by atoms with Crippen molar-refractivity contribution >= 4 is 23.4 Å². The maximum Gasteiger partial charge on any atom is 0.0897 e. The minimum absolute atomic E-state index is 0.602. The van der Waals surface area contributed by atoms with Crippen LogP contribution in [0.4, 0.5) is 0 Å². The van der Waals surface area contributed by atoms with Crippen LogP contribution in [0, 0.1) is 0 Å². The van der Waals surface area contributed by atoms with E-state index in [4.69, 9.17) is 11.6 Å². The monoisotopic (exact) mass is 228 g/mol. The fourth-order valence-corrected chi connectivity index (χ4v) is 2.54. The molecule has 0 radical (unpaired) electrons. The van der Waals surface area contributed by atoms with E-state index >= 15 is 0 Å². The maximum absolute atomic E-state index is 10.2. The summed E-state index contributed by atoms with van der Waals surface area (Å²) in [6, 6.07) is 5.84. The van der Waals surface area contributed by atoms with Gasteiger partial charge in [-0.2, -0.15) is 0 Å². The summed E-state index contributed by atoms with van der Waals surface area (Å²) in [6.45, 7) is 0. The second-order valence-corrected chi connectivity index (χ2v) is 5.08. The molecule has 1 fully saturated rings. The van der Waals surface area contributed by atoms with E-state index in [2.05, 4.69) is 0 Å². The largest absolute Gasteiger partial charge is 0.385 e. The molecule has 3 heteroatoms. The lowest BCUT2D eigenvalue weighted by Crippen LogP contribution is -2.33. The molecule has 1 aliphatic rings. The molecule has 0 aliphatic heterocycles. The third kappa shape index (κ3) is 1.79. The molecule has 0 unspecified atom stereocenters. The van der Waals surface area contributed by atoms with Gasteiger partial charge in [-0.1, -0.05) is 11.6 Å². The number of aliphatic hydroxyl groups is 1. The molecule has 0 aromatic heterocycles. The van der Waals surface area contributed by atoms with E-state index in [-0.39, 0.29) is 0 Å². The van der Waals surface area contributed by atoms with Gasteiger partial charge in [0.15, 0.2) is 0 Å². The topological polar surface area (TPSA) is 20.2 Å². The Morgan fingerprint density at radius 2 is 2.07 bits per heavy atom. The lowest BCUT2D eigenvalue weighted by Gasteiger charge is -2.37. The lowest BCUT2D eigenvalue weighted by molar-refractivity contribution is -0.0389. The second-order valence-electron chi connectivity index (χ2n) is 3.76. The first kappa shape index (κ1) is 10.3. The molecule has 1 aliphatic carbocycles. The molecule has 0 bridgehead atoms. The summed E-state index contributed by atoms with van der Waals surface area (Å²) in [7, 11) is 0. The Hall–Kier alpha value is -0.180. The van der Waals surface area contributed by atoms with E-state index in [0.717, 1.165) is 29.7 Å². The zero-order valence-corrected chi connectivity index (χ0v) is 9.66. The molecule has 1 nitrogen and oxygen atoms in total. The Morgan fingerprint density at radius 3 is 2.57 bits per heavy atom. The predicted octanol–water partition coefficient (Wildman–Crippen LogP) is 3.43. The minimum Gasteiger partial charge on any atom is -0.385 e. The minimum atomic E-state index is -0.602. The highest BCUT2D eigenvalue weighted by Gasteiger charge is 2.36. The van der Waals surface area contributed by atoms with E-state index in [9.17, 15) is 5.11 Å². The van der Waals surface area contributed by atoms with Crippen LogP contribution in [-0.2, 0) is 5.60 Å². The Bertz CT molecular complexity index is 347. The molecule has 1 aromatic rings. The van der Waals surface area contributed by atoms with Crippen molar-refractivity contribution in [3.05, 3.63) is 28.8 Å². The van der Waals surface area contributed by atoms with Crippen LogP contribution in [0.1, 0.15) is 24.8 Å². The standard InChI is InChI=1S/C11H13ClOS/c1-14-10-6-8(5-9(12)7-10)11(13)3-2-4-11/h5-7,13H,2-4H2,1H3. The Kier molecular flexibility index (Phi) is 2.78. The predicted molar refractivity (Wildman–Crippen MR) is 61.0 cm³/mol. The van der Waals surface area contributed by atoms with Crippen molar-refractivity contribution in [2.45, 2.75) is 29.8 Å². The smallest absolute Gasteiger partial charge is 0.0897 e. The van der Waals surface area contributed by atoms with Crippen LogP contribution in [0.5, 0.6) is 0 Å². The molecule has 0 spiro atoms. The molecule has 0 saturated heterocycles. The molecule has 2 rings (SSSR count). The molecule has 0 atom stereocenters. The van der Waals surface area contributed by atoms with Crippen LogP contribution in [0.25, 0.3) is 0 Å². The van der Waals surface area contributed by atoms with Gasteiger partial charge in [-0.25, -0.2) is 0 Å². The van der Waals surface area contributed by atoms with Crippen molar-refractivity contribution in [3.63, 3.8) is 0 Å². The molecule has 76 valence electrons. The number of benzene rings is 1. The van der Waals surface area contributed by atoms with Gasteiger partial charge in [-0.3, -0.25) is 0 Å². The highest BCUT2D eigenvalue weighted by atomic mass is 35.5. The van der Waals surface area contributed by atoms with E-state index < -0.39 is 5.60 Å². The third-order valence-corrected chi connectivity index (χ3v) is 3.75. The van der Waals surface area contributed by atoms with Gasteiger partial charge in [0.25, 0.3) is 0 Å². The molecule has 14 heavy (non-hydrogen) atoms. The number of rotatable bonds is 2. The quantitative estimate of drug-likeness (QED) is 0.783.